The normalized spacial score (nSPS) is 18.3. The summed E-state index contributed by atoms with van der Waals surface area (Å²) in [5, 5.41) is 0. The van der Waals surface area contributed by atoms with E-state index in [4.69, 9.17) is 17.0 Å². The lowest BCUT2D eigenvalue weighted by Crippen LogP contribution is -2.51. The van der Waals surface area contributed by atoms with E-state index in [1.165, 1.54) is 16.7 Å². The Morgan fingerprint density at radius 3 is 2.60 bits per heavy atom. The predicted octanol–water partition coefficient (Wildman–Crippen LogP) is 3.34. The highest BCUT2D eigenvalue weighted by atomic mass is 79.9. The van der Waals surface area contributed by atoms with Crippen LogP contribution in [0.1, 0.15) is 18.9 Å². The van der Waals surface area contributed by atoms with Gasteiger partial charge in [-0.2, -0.15) is 0 Å². The van der Waals surface area contributed by atoms with Crippen molar-refractivity contribution in [1.82, 2.24) is 14.7 Å². The first-order valence-electron chi connectivity index (χ1n) is 9.59. The summed E-state index contributed by atoms with van der Waals surface area (Å²) in [6.45, 7) is 4.15. The number of hydrogen-bond acceptors (Lipinski definition) is 6. The summed E-state index contributed by atoms with van der Waals surface area (Å²) in [5.74, 6) is -0.228. The van der Waals surface area contributed by atoms with E-state index in [0.29, 0.717) is 42.0 Å². The second-order valence-corrected chi connectivity index (χ2v) is 9.30. The highest BCUT2D eigenvalue weighted by Gasteiger charge is 2.33. The molecule has 1 aromatic carbocycles. The van der Waals surface area contributed by atoms with Gasteiger partial charge in [-0.3, -0.25) is 14.5 Å². The minimum atomic E-state index is -0.348. The van der Waals surface area contributed by atoms with Crippen LogP contribution >= 0.6 is 39.9 Å². The molecule has 7 nitrogen and oxygen atoms in total. The van der Waals surface area contributed by atoms with Crippen LogP contribution in [0.4, 0.5) is 4.79 Å². The zero-order valence-corrected chi connectivity index (χ0v) is 19.7. The lowest BCUT2D eigenvalue weighted by molar-refractivity contribution is -0.133. The Kier molecular flexibility index (Phi) is 7.90. The topological polar surface area (TPSA) is 70.2 Å². The van der Waals surface area contributed by atoms with Gasteiger partial charge in [-0.15, -0.1) is 0 Å². The molecule has 3 rings (SSSR count). The highest BCUT2D eigenvalue weighted by Crippen LogP contribution is 2.33. The summed E-state index contributed by atoms with van der Waals surface area (Å²) in [4.78, 5) is 42.4. The SMILES string of the molecule is CCOC(=O)N1CCN(C(=O)CCN2C(=O)/C(=C\c3cccc(Br)c3)SC2=S)CC1. The molecule has 160 valence electrons. The van der Waals surface area contributed by atoms with Gasteiger partial charge in [-0.25, -0.2) is 4.79 Å². The van der Waals surface area contributed by atoms with Gasteiger partial charge in [0, 0.05) is 43.6 Å². The zero-order chi connectivity index (χ0) is 21.7. The summed E-state index contributed by atoms with van der Waals surface area (Å²) in [6.07, 6.45) is 1.65. The molecule has 0 saturated carbocycles. The maximum absolute atomic E-state index is 12.7. The predicted molar refractivity (Wildman–Crippen MR) is 124 cm³/mol. The number of rotatable bonds is 5. The Labute approximate surface area is 193 Å². The molecule has 0 spiro atoms. The number of hydrogen-bond donors (Lipinski definition) is 0. The molecule has 2 saturated heterocycles. The van der Waals surface area contributed by atoms with E-state index >= 15 is 0 Å². The van der Waals surface area contributed by atoms with Crippen LogP contribution < -0.4 is 0 Å². The van der Waals surface area contributed by atoms with E-state index in [0.717, 1.165) is 10.0 Å². The number of halogens is 1. The largest absolute Gasteiger partial charge is 0.450 e. The lowest BCUT2D eigenvalue weighted by Gasteiger charge is -2.34. The molecule has 3 amide bonds. The van der Waals surface area contributed by atoms with Crippen LogP contribution in [0.25, 0.3) is 6.08 Å². The van der Waals surface area contributed by atoms with Crippen molar-refractivity contribution in [2.45, 2.75) is 13.3 Å². The van der Waals surface area contributed by atoms with Crippen molar-refractivity contribution in [2.75, 3.05) is 39.3 Å². The first kappa shape index (κ1) is 22.8. The van der Waals surface area contributed by atoms with E-state index in [-0.39, 0.29) is 30.9 Å². The third-order valence-electron chi connectivity index (χ3n) is 4.73. The summed E-state index contributed by atoms with van der Waals surface area (Å²) < 4.78 is 6.38. The van der Waals surface area contributed by atoms with E-state index in [9.17, 15) is 14.4 Å². The molecule has 2 aliphatic rings. The maximum atomic E-state index is 12.7. The van der Waals surface area contributed by atoms with Gasteiger partial charge in [0.15, 0.2) is 0 Å². The number of amides is 3. The van der Waals surface area contributed by atoms with Crippen molar-refractivity contribution in [3.8, 4) is 0 Å². The summed E-state index contributed by atoms with van der Waals surface area (Å²) >= 11 is 10.0. The Balaban J connectivity index is 1.52. The molecule has 10 heteroatoms. The molecule has 2 heterocycles. The average Bonchev–Trinajstić information content (AvgIpc) is 2.99. The highest BCUT2D eigenvalue weighted by molar-refractivity contribution is 9.10. The van der Waals surface area contributed by atoms with E-state index in [2.05, 4.69) is 15.9 Å². The first-order chi connectivity index (χ1) is 14.4. The maximum Gasteiger partial charge on any atom is 0.409 e. The Morgan fingerprint density at radius 2 is 1.93 bits per heavy atom. The smallest absolute Gasteiger partial charge is 0.409 e. The molecule has 0 radical (unpaired) electrons. The van der Waals surface area contributed by atoms with Crippen molar-refractivity contribution in [3.05, 3.63) is 39.2 Å². The molecular weight excluding hydrogens is 490 g/mol. The fourth-order valence-electron chi connectivity index (χ4n) is 3.16. The van der Waals surface area contributed by atoms with Gasteiger partial charge in [0.25, 0.3) is 5.91 Å². The van der Waals surface area contributed by atoms with Crippen LogP contribution in [0.15, 0.2) is 33.6 Å². The third-order valence-corrected chi connectivity index (χ3v) is 6.60. The summed E-state index contributed by atoms with van der Waals surface area (Å²) in [6, 6.07) is 7.65. The van der Waals surface area contributed by atoms with E-state index in [1.807, 2.05) is 24.3 Å². The molecule has 2 fully saturated rings. The Bertz CT molecular complexity index is 885. The van der Waals surface area contributed by atoms with Gasteiger partial charge < -0.3 is 14.5 Å². The quantitative estimate of drug-likeness (QED) is 0.446. The average molecular weight is 512 g/mol. The zero-order valence-electron chi connectivity index (χ0n) is 16.5. The number of carbonyl (C=O) groups is 3. The first-order valence-corrected chi connectivity index (χ1v) is 11.6. The molecule has 0 aromatic heterocycles. The van der Waals surface area contributed by atoms with Gasteiger partial charge in [-0.1, -0.05) is 52.0 Å². The van der Waals surface area contributed by atoms with Crippen LogP contribution in [0.2, 0.25) is 0 Å². The van der Waals surface area contributed by atoms with Gasteiger partial charge in [0.1, 0.15) is 4.32 Å². The number of thiocarbonyl (C=S) groups is 1. The molecule has 0 bridgehead atoms. The van der Waals surface area contributed by atoms with E-state index in [1.54, 1.807) is 22.8 Å². The van der Waals surface area contributed by atoms with Crippen LogP contribution in [0, 0.1) is 0 Å². The van der Waals surface area contributed by atoms with E-state index < -0.39 is 0 Å². The Morgan fingerprint density at radius 1 is 1.23 bits per heavy atom. The molecule has 30 heavy (non-hydrogen) atoms. The Hall–Kier alpha value is -1.91. The van der Waals surface area contributed by atoms with Crippen LogP contribution in [0.3, 0.4) is 0 Å². The van der Waals surface area contributed by atoms with Crippen LogP contribution in [-0.2, 0) is 14.3 Å². The molecule has 0 atom stereocenters. The van der Waals surface area contributed by atoms with Crippen molar-refractivity contribution in [1.29, 1.82) is 0 Å². The number of ether oxygens (including phenoxy) is 1. The monoisotopic (exact) mass is 511 g/mol. The number of carbonyl (C=O) groups excluding carboxylic acids is 3. The minimum absolute atomic E-state index is 0.0523. The fourth-order valence-corrected chi connectivity index (χ4v) is 4.88. The lowest BCUT2D eigenvalue weighted by atomic mass is 10.2. The molecule has 0 unspecified atom stereocenters. The molecule has 0 N–H and O–H groups in total. The van der Waals surface area contributed by atoms with Gasteiger partial charge in [0.05, 0.1) is 11.5 Å². The fraction of sp³-hybridized carbons (Fsp3) is 0.400. The second-order valence-electron chi connectivity index (χ2n) is 6.71. The second kappa shape index (κ2) is 10.4. The summed E-state index contributed by atoms with van der Waals surface area (Å²) in [5.41, 5.74) is 0.903. The van der Waals surface area contributed by atoms with Crippen molar-refractivity contribution < 1.29 is 19.1 Å². The number of piperazine rings is 1. The van der Waals surface area contributed by atoms with Crippen molar-refractivity contribution >= 4 is 68.2 Å². The third kappa shape index (κ3) is 5.61. The standard InChI is InChI=1S/C20H22BrN3O4S2/c1-2-28-19(27)23-10-8-22(9-11-23)17(25)6-7-24-18(26)16(30-20(24)29)13-14-4-3-5-15(21)12-14/h3-5,12-13H,2,6-11H2,1H3/b16-13+. The molecule has 0 aliphatic carbocycles. The van der Waals surface area contributed by atoms with Gasteiger partial charge in [-0.05, 0) is 30.7 Å². The molecule has 1 aromatic rings. The molecular formula is C20H22BrN3O4S2. The minimum Gasteiger partial charge on any atom is -0.450 e. The summed E-state index contributed by atoms with van der Waals surface area (Å²) in [7, 11) is 0. The number of benzene rings is 1. The van der Waals surface area contributed by atoms with Crippen molar-refractivity contribution in [3.63, 3.8) is 0 Å². The molecule has 2 aliphatic heterocycles. The number of nitrogens with zero attached hydrogens (tertiary/aromatic N) is 3. The number of thioether (sulfide) groups is 1. The van der Waals surface area contributed by atoms with Crippen LogP contribution in [0.5, 0.6) is 0 Å². The van der Waals surface area contributed by atoms with Crippen LogP contribution in [-0.4, -0.2) is 76.3 Å². The van der Waals surface area contributed by atoms with Gasteiger partial charge >= 0.3 is 6.09 Å². The van der Waals surface area contributed by atoms with Crippen molar-refractivity contribution in [2.24, 2.45) is 0 Å². The van der Waals surface area contributed by atoms with Gasteiger partial charge in [0.2, 0.25) is 5.91 Å².